The van der Waals surface area contributed by atoms with Gasteiger partial charge in [0.15, 0.2) is 5.78 Å². The monoisotopic (exact) mass is 910 g/mol. The summed E-state index contributed by atoms with van der Waals surface area (Å²) >= 11 is 6.13. The summed E-state index contributed by atoms with van der Waals surface area (Å²) in [6, 6.07) is 24.0. The van der Waals surface area contributed by atoms with E-state index < -0.39 is 11.9 Å². The molecule has 0 saturated carbocycles. The summed E-state index contributed by atoms with van der Waals surface area (Å²) in [4.78, 5) is 50.0. The van der Waals surface area contributed by atoms with Crippen molar-refractivity contribution < 1.29 is 38.9 Å². The van der Waals surface area contributed by atoms with Crippen LogP contribution < -0.4 is 14.5 Å². The number of halogens is 2. The van der Waals surface area contributed by atoms with Crippen LogP contribution in [0.2, 0.25) is 0 Å². The zero-order valence-electron chi connectivity index (χ0n) is 33.6. The molecule has 1 aliphatic rings. The lowest BCUT2D eigenvalue weighted by molar-refractivity contribution is -0.120. The van der Waals surface area contributed by atoms with Crippen molar-refractivity contribution in [2.75, 3.05) is 41.8 Å². The Labute approximate surface area is 354 Å². The largest absolute Gasteiger partial charge is 0.508 e. The summed E-state index contributed by atoms with van der Waals surface area (Å²) in [5, 5.41) is 20.0. The number of para-hydroxylation sites is 1. The number of unbranched alkanes of at least 4 members (excludes halogenated alkanes) is 4. The normalized spacial score (nSPS) is 11.0. The lowest BCUT2D eigenvalue weighted by atomic mass is 10.0. The minimum Gasteiger partial charge on any atom is -0.508 e. The van der Waals surface area contributed by atoms with Crippen molar-refractivity contribution in [1.82, 2.24) is 0 Å². The second kappa shape index (κ2) is 27.0. The van der Waals surface area contributed by atoms with E-state index in [1.54, 1.807) is 60.7 Å². The summed E-state index contributed by atoms with van der Waals surface area (Å²) in [6.07, 6.45) is 9.17. The first kappa shape index (κ1) is 48.5. The van der Waals surface area contributed by atoms with Gasteiger partial charge in [0.1, 0.15) is 17.2 Å². The molecule has 0 bridgehead atoms. The Bertz CT molecular complexity index is 1850. The van der Waals surface area contributed by atoms with Crippen molar-refractivity contribution >= 4 is 67.4 Å². The predicted octanol–water partition coefficient (Wildman–Crippen LogP) is 11.1. The number of ketones is 1. The number of alkyl halides is 1. The number of phenolic OH excluding ortho intramolecular Hbond substituents is 2. The van der Waals surface area contributed by atoms with Crippen LogP contribution in [0.1, 0.15) is 116 Å². The van der Waals surface area contributed by atoms with Gasteiger partial charge in [0.2, 0.25) is 0 Å². The Morgan fingerprint density at radius 2 is 1.21 bits per heavy atom. The number of carbonyl (C=O) groups excluding carboxylic acids is 4. The second-order valence-electron chi connectivity index (χ2n) is 13.0. The van der Waals surface area contributed by atoms with E-state index in [1.165, 1.54) is 25.7 Å². The molecule has 4 aromatic carbocycles. The van der Waals surface area contributed by atoms with Crippen molar-refractivity contribution in [3.05, 3.63) is 112 Å². The number of anilines is 2. The topological polar surface area (TPSA) is 134 Å². The number of nitrogens with zero attached hydrogens (tertiary/aromatic N) is 2. The van der Waals surface area contributed by atoms with Gasteiger partial charge in [0, 0.05) is 54.2 Å². The molecule has 0 unspecified atom stereocenters. The fourth-order valence-electron chi connectivity index (χ4n) is 5.75. The lowest BCUT2D eigenvalue weighted by Crippen LogP contribution is -2.25. The highest BCUT2D eigenvalue weighted by Crippen LogP contribution is 2.30. The maximum absolute atomic E-state index is 12.8. The SMILES string of the molecule is CBr.CCCCN(CCCC)c1ccc(C(=O)c2ccccc2OC=O)c(O)c1.CCCCN(CCCC)c1cccc(O)c1.O=C1OC(=O)c2cc(Br)ccc21. The fourth-order valence-corrected chi connectivity index (χ4v) is 6.11. The molecule has 0 aromatic heterocycles. The molecule has 4 aromatic rings. The summed E-state index contributed by atoms with van der Waals surface area (Å²) in [5.41, 5.74) is 3.14. The lowest BCUT2D eigenvalue weighted by Gasteiger charge is -2.25. The van der Waals surface area contributed by atoms with Gasteiger partial charge in [-0.05, 0) is 86.1 Å². The van der Waals surface area contributed by atoms with Crippen molar-refractivity contribution in [2.45, 2.75) is 79.1 Å². The number of carbonyl (C=O) groups is 4. The molecule has 1 heterocycles. The van der Waals surface area contributed by atoms with Crippen LogP contribution in [-0.2, 0) is 9.53 Å². The Morgan fingerprint density at radius 1 is 0.667 bits per heavy atom. The number of hydrogen-bond donors (Lipinski definition) is 2. The molecule has 0 amide bonds. The molecule has 2 N–H and O–H groups in total. The van der Waals surface area contributed by atoms with E-state index in [4.69, 9.17) is 4.74 Å². The van der Waals surface area contributed by atoms with Crippen LogP contribution in [0.3, 0.4) is 0 Å². The van der Waals surface area contributed by atoms with Crippen LogP contribution in [0, 0.1) is 0 Å². The molecule has 5 rings (SSSR count). The zero-order valence-corrected chi connectivity index (χ0v) is 36.8. The van der Waals surface area contributed by atoms with Gasteiger partial charge < -0.3 is 29.5 Å². The third-order valence-electron chi connectivity index (χ3n) is 8.83. The number of hydrogen-bond acceptors (Lipinski definition) is 10. The number of rotatable bonds is 18. The number of aromatic hydroxyl groups is 2. The maximum Gasteiger partial charge on any atom is 0.346 e. The van der Waals surface area contributed by atoms with Crippen LogP contribution in [-0.4, -0.2) is 66.4 Å². The molecule has 12 heteroatoms. The molecule has 0 spiro atoms. The molecule has 10 nitrogen and oxygen atoms in total. The Kier molecular flexibility index (Phi) is 23.0. The third kappa shape index (κ3) is 15.6. The van der Waals surface area contributed by atoms with Gasteiger partial charge in [-0.1, -0.05) is 103 Å². The highest BCUT2D eigenvalue weighted by Gasteiger charge is 2.29. The van der Waals surface area contributed by atoms with Crippen LogP contribution >= 0.6 is 31.9 Å². The number of phenols is 2. The molecule has 1 aliphatic heterocycles. The van der Waals surface area contributed by atoms with Crippen molar-refractivity contribution in [1.29, 1.82) is 0 Å². The molecule has 0 aliphatic carbocycles. The van der Waals surface area contributed by atoms with Crippen molar-refractivity contribution in [3.63, 3.8) is 0 Å². The fraction of sp³-hybridized carbons (Fsp3) is 0.378. The van der Waals surface area contributed by atoms with Crippen LogP contribution in [0.5, 0.6) is 17.2 Å². The summed E-state index contributed by atoms with van der Waals surface area (Å²) in [6.45, 7) is 13.0. The van der Waals surface area contributed by atoms with Crippen molar-refractivity contribution in [2.24, 2.45) is 0 Å². The van der Waals surface area contributed by atoms with Gasteiger partial charge in [0.25, 0.3) is 6.47 Å². The van der Waals surface area contributed by atoms with E-state index in [1.807, 2.05) is 24.0 Å². The average molecular weight is 913 g/mol. The Balaban J connectivity index is 0.000000315. The highest BCUT2D eigenvalue weighted by molar-refractivity contribution is 9.10. The minimum absolute atomic E-state index is 0.0728. The van der Waals surface area contributed by atoms with Gasteiger partial charge in [0.05, 0.1) is 22.3 Å². The van der Waals surface area contributed by atoms with E-state index in [0.717, 1.165) is 67.7 Å². The molecule has 308 valence electrons. The van der Waals surface area contributed by atoms with Crippen LogP contribution in [0.4, 0.5) is 11.4 Å². The highest BCUT2D eigenvalue weighted by atomic mass is 79.9. The zero-order chi connectivity index (χ0) is 42.2. The van der Waals surface area contributed by atoms with Gasteiger partial charge in [-0.2, -0.15) is 0 Å². The van der Waals surface area contributed by atoms with Crippen LogP contribution in [0.15, 0.2) is 89.4 Å². The second-order valence-corrected chi connectivity index (χ2v) is 13.9. The van der Waals surface area contributed by atoms with E-state index in [2.05, 4.69) is 80.2 Å². The predicted molar refractivity (Wildman–Crippen MR) is 236 cm³/mol. The van der Waals surface area contributed by atoms with Gasteiger partial charge in [-0.15, -0.1) is 0 Å². The molecular formula is C45H56Br2N2O8. The Hall–Kier alpha value is -4.68. The third-order valence-corrected chi connectivity index (χ3v) is 9.32. The van der Waals surface area contributed by atoms with E-state index >= 15 is 0 Å². The standard InChI is InChI=1S/C22H27NO4.C14H23NO.C8H3BrO3.CH3Br/c1-3-5-13-23(14-6-4-2)17-11-12-18(20(25)15-17)22(26)19-9-7-8-10-21(19)27-16-24;1-3-5-10-15(11-6-4-2)13-8-7-9-14(16)12-13;9-4-1-2-5-6(3-4)8(11)12-7(5)10;1-2/h7-12,15-16,25H,3-6,13-14H2,1-2H3;7-9,12,16H,3-6,10-11H2,1-2H3;1-3H;1H3. The van der Waals surface area contributed by atoms with E-state index in [-0.39, 0.29) is 34.9 Å². The molecule has 0 atom stereocenters. The number of ether oxygens (including phenoxy) is 2. The smallest absolute Gasteiger partial charge is 0.346 e. The van der Waals surface area contributed by atoms with Gasteiger partial charge in [-0.25, -0.2) is 9.59 Å². The van der Waals surface area contributed by atoms with Crippen LogP contribution in [0.25, 0.3) is 0 Å². The Morgan fingerprint density at radius 3 is 1.74 bits per heavy atom. The molecular weight excluding hydrogens is 856 g/mol. The first-order valence-corrected chi connectivity index (χ1v) is 21.8. The summed E-state index contributed by atoms with van der Waals surface area (Å²) in [7, 11) is 0. The van der Waals surface area contributed by atoms with Gasteiger partial charge in [-0.3, -0.25) is 9.59 Å². The number of benzene rings is 4. The van der Waals surface area contributed by atoms with E-state index in [0.29, 0.717) is 16.9 Å². The first-order chi connectivity index (χ1) is 27.6. The van der Waals surface area contributed by atoms with E-state index in [9.17, 15) is 29.4 Å². The molecule has 57 heavy (non-hydrogen) atoms. The average Bonchev–Trinajstić information content (AvgIpc) is 3.50. The summed E-state index contributed by atoms with van der Waals surface area (Å²) < 4.78 is 10.0. The molecule has 0 fully saturated rings. The minimum atomic E-state index is -0.573. The maximum atomic E-state index is 12.8. The number of cyclic esters (lactones) is 2. The molecule has 0 saturated heterocycles. The quantitative estimate of drug-likeness (QED) is 0.0327. The molecule has 0 radical (unpaired) electrons. The van der Waals surface area contributed by atoms with Crippen molar-refractivity contribution in [3.8, 4) is 17.2 Å². The first-order valence-electron chi connectivity index (χ1n) is 19.4. The number of fused-ring (bicyclic) bond motifs is 1. The number of esters is 2. The van der Waals surface area contributed by atoms with Gasteiger partial charge >= 0.3 is 11.9 Å². The summed E-state index contributed by atoms with van der Waals surface area (Å²) in [5.74, 6) is 0.747.